The SMILES string of the molecule is COc1ccc(C(C)C(=O)O)cn1.Nc1ccccc1. The fourth-order valence-corrected chi connectivity index (χ4v) is 1.36. The molecule has 0 spiro atoms. The molecule has 5 heteroatoms. The number of nitrogen functional groups attached to an aromatic ring is 1. The number of aromatic nitrogens is 1. The van der Waals surface area contributed by atoms with E-state index >= 15 is 0 Å². The van der Waals surface area contributed by atoms with E-state index in [0.717, 1.165) is 5.69 Å². The molecule has 1 unspecified atom stereocenters. The van der Waals surface area contributed by atoms with Crippen LogP contribution in [0.5, 0.6) is 5.88 Å². The number of pyridine rings is 1. The van der Waals surface area contributed by atoms with Gasteiger partial charge in [0.1, 0.15) is 0 Å². The number of para-hydroxylation sites is 1. The number of nitrogens with two attached hydrogens (primary N) is 1. The van der Waals surface area contributed by atoms with Crippen molar-refractivity contribution in [1.29, 1.82) is 0 Å². The lowest BCUT2D eigenvalue weighted by Crippen LogP contribution is -2.07. The van der Waals surface area contributed by atoms with Gasteiger partial charge in [0, 0.05) is 18.0 Å². The Morgan fingerprint density at radius 1 is 1.25 bits per heavy atom. The summed E-state index contributed by atoms with van der Waals surface area (Å²) < 4.78 is 4.85. The van der Waals surface area contributed by atoms with Gasteiger partial charge in [0.15, 0.2) is 0 Å². The van der Waals surface area contributed by atoms with Gasteiger partial charge < -0.3 is 15.6 Å². The van der Waals surface area contributed by atoms with Crippen molar-refractivity contribution in [2.24, 2.45) is 0 Å². The van der Waals surface area contributed by atoms with Gasteiger partial charge in [0.25, 0.3) is 0 Å². The zero-order chi connectivity index (χ0) is 15.0. The lowest BCUT2D eigenvalue weighted by Gasteiger charge is -2.05. The number of benzene rings is 1. The summed E-state index contributed by atoms with van der Waals surface area (Å²) in [4.78, 5) is 14.5. The van der Waals surface area contributed by atoms with E-state index in [1.165, 1.54) is 13.3 Å². The Balaban J connectivity index is 0.000000240. The van der Waals surface area contributed by atoms with Crippen molar-refractivity contribution >= 4 is 11.7 Å². The molecule has 106 valence electrons. The predicted octanol–water partition coefficient (Wildman–Crippen LogP) is 2.55. The monoisotopic (exact) mass is 274 g/mol. The minimum Gasteiger partial charge on any atom is -0.481 e. The first-order valence-corrected chi connectivity index (χ1v) is 6.08. The third-order valence-electron chi connectivity index (χ3n) is 2.64. The topological polar surface area (TPSA) is 85.4 Å². The van der Waals surface area contributed by atoms with Crippen LogP contribution in [0.3, 0.4) is 0 Å². The summed E-state index contributed by atoms with van der Waals surface area (Å²) in [5.41, 5.74) is 6.85. The van der Waals surface area contributed by atoms with Gasteiger partial charge in [0.05, 0.1) is 13.0 Å². The molecule has 1 aromatic carbocycles. The van der Waals surface area contributed by atoms with Gasteiger partial charge in [-0.3, -0.25) is 4.79 Å². The van der Waals surface area contributed by atoms with Gasteiger partial charge in [-0.2, -0.15) is 0 Å². The van der Waals surface area contributed by atoms with Crippen LogP contribution < -0.4 is 10.5 Å². The number of aliphatic carboxylic acids is 1. The maximum atomic E-state index is 10.6. The molecule has 0 aliphatic heterocycles. The molecule has 1 aromatic heterocycles. The van der Waals surface area contributed by atoms with Crippen LogP contribution in [0.15, 0.2) is 48.7 Å². The smallest absolute Gasteiger partial charge is 0.310 e. The molecule has 2 aromatic rings. The van der Waals surface area contributed by atoms with Crippen molar-refractivity contribution in [3.05, 3.63) is 54.2 Å². The number of methoxy groups -OCH3 is 1. The molecule has 0 aliphatic carbocycles. The van der Waals surface area contributed by atoms with Crippen LogP contribution in [0.1, 0.15) is 18.4 Å². The first-order valence-electron chi connectivity index (χ1n) is 6.08. The van der Waals surface area contributed by atoms with Crippen LogP contribution in [0.4, 0.5) is 5.69 Å². The summed E-state index contributed by atoms with van der Waals surface area (Å²) in [7, 11) is 1.52. The van der Waals surface area contributed by atoms with Gasteiger partial charge in [0.2, 0.25) is 5.88 Å². The number of anilines is 1. The lowest BCUT2D eigenvalue weighted by atomic mass is 10.0. The van der Waals surface area contributed by atoms with Gasteiger partial charge in [-0.1, -0.05) is 24.3 Å². The van der Waals surface area contributed by atoms with Crippen LogP contribution in [0.25, 0.3) is 0 Å². The van der Waals surface area contributed by atoms with E-state index in [1.54, 1.807) is 19.1 Å². The summed E-state index contributed by atoms with van der Waals surface area (Å²) in [6.45, 7) is 1.62. The van der Waals surface area contributed by atoms with Gasteiger partial charge in [-0.15, -0.1) is 0 Å². The number of hydrogen-bond donors (Lipinski definition) is 2. The number of carboxylic acid groups (broad SMARTS) is 1. The van der Waals surface area contributed by atoms with E-state index in [1.807, 2.05) is 30.3 Å². The maximum Gasteiger partial charge on any atom is 0.310 e. The quantitative estimate of drug-likeness (QED) is 0.840. The Morgan fingerprint density at radius 3 is 2.25 bits per heavy atom. The second-order valence-electron chi connectivity index (χ2n) is 4.10. The molecule has 0 saturated heterocycles. The Hall–Kier alpha value is -2.56. The van der Waals surface area contributed by atoms with Crippen molar-refractivity contribution in [3.63, 3.8) is 0 Å². The average Bonchev–Trinajstić information content (AvgIpc) is 2.48. The van der Waals surface area contributed by atoms with Crippen molar-refractivity contribution in [3.8, 4) is 5.88 Å². The Kier molecular flexibility index (Phi) is 6.03. The highest BCUT2D eigenvalue weighted by Gasteiger charge is 2.13. The molecule has 20 heavy (non-hydrogen) atoms. The summed E-state index contributed by atoms with van der Waals surface area (Å²) >= 11 is 0. The minimum atomic E-state index is -0.855. The summed E-state index contributed by atoms with van der Waals surface area (Å²) in [6, 6.07) is 12.8. The first kappa shape index (κ1) is 15.5. The largest absolute Gasteiger partial charge is 0.481 e. The first-order chi connectivity index (χ1) is 9.54. The van der Waals surface area contributed by atoms with E-state index in [-0.39, 0.29) is 0 Å². The van der Waals surface area contributed by atoms with Crippen molar-refractivity contribution in [2.75, 3.05) is 12.8 Å². The van der Waals surface area contributed by atoms with Gasteiger partial charge >= 0.3 is 5.97 Å². The fraction of sp³-hybridized carbons (Fsp3) is 0.200. The molecule has 0 amide bonds. The molecule has 0 saturated carbocycles. The second kappa shape index (κ2) is 7.78. The predicted molar refractivity (Wildman–Crippen MR) is 77.7 cm³/mol. The molecule has 1 heterocycles. The summed E-state index contributed by atoms with van der Waals surface area (Å²) in [5, 5.41) is 8.70. The van der Waals surface area contributed by atoms with Crippen LogP contribution in [-0.2, 0) is 4.79 Å². The number of carboxylic acids is 1. The Labute approximate surface area is 118 Å². The third kappa shape index (κ3) is 4.97. The highest BCUT2D eigenvalue weighted by atomic mass is 16.5. The van der Waals surface area contributed by atoms with Crippen LogP contribution >= 0.6 is 0 Å². The van der Waals surface area contributed by atoms with E-state index < -0.39 is 11.9 Å². The third-order valence-corrected chi connectivity index (χ3v) is 2.64. The lowest BCUT2D eigenvalue weighted by molar-refractivity contribution is -0.138. The van der Waals surface area contributed by atoms with Crippen molar-refractivity contribution in [1.82, 2.24) is 4.98 Å². The van der Waals surface area contributed by atoms with Crippen molar-refractivity contribution < 1.29 is 14.6 Å². The number of rotatable bonds is 3. The average molecular weight is 274 g/mol. The molecule has 5 nitrogen and oxygen atoms in total. The van der Waals surface area contributed by atoms with Crippen LogP contribution in [-0.4, -0.2) is 23.2 Å². The van der Waals surface area contributed by atoms with E-state index in [9.17, 15) is 4.79 Å². The molecule has 0 aliphatic rings. The number of hydrogen-bond acceptors (Lipinski definition) is 4. The van der Waals surface area contributed by atoms with Gasteiger partial charge in [-0.05, 0) is 24.6 Å². The number of ether oxygens (including phenoxy) is 1. The molecule has 3 N–H and O–H groups in total. The Morgan fingerprint density at radius 2 is 1.90 bits per heavy atom. The van der Waals surface area contributed by atoms with Crippen molar-refractivity contribution in [2.45, 2.75) is 12.8 Å². The normalized spacial score (nSPS) is 10.9. The zero-order valence-corrected chi connectivity index (χ0v) is 11.5. The summed E-state index contributed by atoms with van der Waals surface area (Å²) in [6.07, 6.45) is 1.51. The standard InChI is InChI=1S/C9H11NO3.C6H7N/c1-6(9(11)12)7-3-4-8(13-2)10-5-7;7-6-4-2-1-3-5-6/h3-6H,1-2H3,(H,11,12);1-5H,7H2. The fourth-order valence-electron chi connectivity index (χ4n) is 1.36. The van der Waals surface area contributed by atoms with E-state index in [4.69, 9.17) is 15.6 Å². The van der Waals surface area contributed by atoms with E-state index in [2.05, 4.69) is 4.98 Å². The molecule has 0 radical (unpaired) electrons. The maximum absolute atomic E-state index is 10.6. The highest BCUT2D eigenvalue weighted by Crippen LogP contribution is 2.16. The Bertz CT molecular complexity index is 527. The number of carbonyl (C=O) groups is 1. The molecule has 0 fully saturated rings. The highest BCUT2D eigenvalue weighted by molar-refractivity contribution is 5.75. The number of nitrogens with zero attached hydrogens (tertiary/aromatic N) is 1. The van der Waals surface area contributed by atoms with Crippen LogP contribution in [0.2, 0.25) is 0 Å². The van der Waals surface area contributed by atoms with E-state index in [0.29, 0.717) is 11.4 Å². The van der Waals surface area contributed by atoms with Crippen LogP contribution in [0, 0.1) is 0 Å². The molecular formula is C15H18N2O3. The summed E-state index contributed by atoms with van der Waals surface area (Å²) in [5.74, 6) is -0.897. The zero-order valence-electron chi connectivity index (χ0n) is 11.5. The van der Waals surface area contributed by atoms with Gasteiger partial charge in [-0.25, -0.2) is 4.98 Å². The minimum absolute atomic E-state index is 0.487. The molecular weight excluding hydrogens is 256 g/mol. The molecule has 0 bridgehead atoms. The molecule has 1 atom stereocenters. The molecule has 2 rings (SSSR count). The second-order valence-corrected chi connectivity index (χ2v) is 4.10.